The van der Waals surface area contributed by atoms with Crippen LogP contribution in [-0.4, -0.2) is 16.9 Å². The van der Waals surface area contributed by atoms with Gasteiger partial charge in [0, 0.05) is 23.3 Å². The van der Waals surface area contributed by atoms with Gasteiger partial charge >= 0.3 is 0 Å². The Morgan fingerprint density at radius 3 is 2.12 bits per heavy atom. The lowest BCUT2D eigenvalue weighted by Crippen LogP contribution is -2.31. The molecule has 0 bridgehead atoms. The van der Waals surface area contributed by atoms with Crippen LogP contribution in [0.4, 0.5) is 5.69 Å². The standard InChI is InChI=1S/C9H7NO6/c1-4-2-5(10(15)16)3-6(8(11)12)7(4)9(13)14/h2-3H,1H3,(H,11,12)(H,13,14)/p-2. The van der Waals surface area contributed by atoms with E-state index in [2.05, 4.69) is 0 Å². The SMILES string of the molecule is Cc1cc([N+](=O)[O-])cc(C(=O)[O-])c1C(=O)[O-]. The molecule has 1 aromatic carbocycles. The molecule has 0 aliphatic heterocycles. The van der Waals surface area contributed by atoms with Crippen LogP contribution in [0.25, 0.3) is 0 Å². The summed E-state index contributed by atoms with van der Waals surface area (Å²) in [5.74, 6) is -3.52. The van der Waals surface area contributed by atoms with Crippen molar-refractivity contribution in [3.8, 4) is 0 Å². The molecule has 0 radical (unpaired) electrons. The van der Waals surface area contributed by atoms with Crippen molar-refractivity contribution in [2.75, 3.05) is 0 Å². The second-order valence-electron chi connectivity index (χ2n) is 3.02. The first-order chi connectivity index (χ1) is 7.34. The fourth-order valence-electron chi connectivity index (χ4n) is 1.31. The highest BCUT2D eigenvalue weighted by Gasteiger charge is 2.15. The Kier molecular flexibility index (Phi) is 2.89. The summed E-state index contributed by atoms with van der Waals surface area (Å²) >= 11 is 0. The Hall–Kier alpha value is -2.44. The topological polar surface area (TPSA) is 123 Å². The number of aryl methyl sites for hydroxylation is 1. The number of carboxylic acid groups (broad SMARTS) is 2. The van der Waals surface area contributed by atoms with Gasteiger partial charge in [0.25, 0.3) is 5.69 Å². The molecule has 0 unspecified atom stereocenters. The van der Waals surface area contributed by atoms with Gasteiger partial charge in [0.1, 0.15) is 0 Å². The zero-order valence-electron chi connectivity index (χ0n) is 8.05. The zero-order valence-corrected chi connectivity index (χ0v) is 8.05. The van der Waals surface area contributed by atoms with Crippen LogP contribution >= 0.6 is 0 Å². The van der Waals surface area contributed by atoms with Crippen LogP contribution in [0.15, 0.2) is 12.1 Å². The van der Waals surface area contributed by atoms with Crippen LogP contribution in [0.5, 0.6) is 0 Å². The van der Waals surface area contributed by atoms with Crippen LogP contribution in [-0.2, 0) is 0 Å². The van der Waals surface area contributed by atoms with Crippen molar-refractivity contribution >= 4 is 17.6 Å². The smallest absolute Gasteiger partial charge is 0.270 e. The van der Waals surface area contributed by atoms with Crippen LogP contribution in [0.1, 0.15) is 26.3 Å². The molecular weight excluding hydrogens is 218 g/mol. The first kappa shape index (κ1) is 11.6. The molecule has 0 amide bonds. The Bertz CT molecular complexity index is 493. The molecule has 0 saturated heterocycles. The van der Waals surface area contributed by atoms with E-state index >= 15 is 0 Å². The van der Waals surface area contributed by atoms with Crippen molar-refractivity contribution in [1.82, 2.24) is 0 Å². The van der Waals surface area contributed by atoms with Crippen molar-refractivity contribution in [3.63, 3.8) is 0 Å². The molecule has 0 N–H and O–H groups in total. The predicted molar refractivity (Wildman–Crippen MR) is 46.5 cm³/mol. The monoisotopic (exact) mass is 223 g/mol. The molecule has 0 saturated carbocycles. The lowest BCUT2D eigenvalue weighted by Gasteiger charge is -2.13. The highest BCUT2D eigenvalue weighted by molar-refractivity contribution is 6.01. The van der Waals surface area contributed by atoms with Gasteiger partial charge in [-0.3, -0.25) is 10.1 Å². The lowest BCUT2D eigenvalue weighted by molar-refractivity contribution is -0.385. The molecule has 0 aliphatic rings. The number of hydrogen-bond acceptors (Lipinski definition) is 6. The van der Waals surface area contributed by atoms with Crippen molar-refractivity contribution in [3.05, 3.63) is 38.9 Å². The molecule has 7 heteroatoms. The molecule has 0 fully saturated rings. The predicted octanol–water partition coefficient (Wildman–Crippen LogP) is -1.37. The maximum atomic E-state index is 10.7. The fraction of sp³-hybridized carbons (Fsp3) is 0.111. The number of carboxylic acids is 2. The van der Waals surface area contributed by atoms with E-state index in [-0.39, 0.29) is 5.56 Å². The van der Waals surface area contributed by atoms with E-state index in [0.717, 1.165) is 6.07 Å². The molecule has 1 aromatic rings. The van der Waals surface area contributed by atoms with E-state index in [1.165, 1.54) is 6.92 Å². The molecule has 16 heavy (non-hydrogen) atoms. The molecule has 7 nitrogen and oxygen atoms in total. The van der Waals surface area contributed by atoms with Crippen molar-refractivity contribution in [2.24, 2.45) is 0 Å². The second kappa shape index (κ2) is 3.97. The van der Waals surface area contributed by atoms with Gasteiger partial charge in [-0.25, -0.2) is 0 Å². The van der Waals surface area contributed by atoms with Gasteiger partial charge < -0.3 is 19.8 Å². The molecule has 0 atom stereocenters. The molecule has 1 rings (SSSR count). The molecule has 0 aromatic heterocycles. The zero-order chi connectivity index (χ0) is 12.5. The summed E-state index contributed by atoms with van der Waals surface area (Å²) in [6.07, 6.45) is 0. The summed E-state index contributed by atoms with van der Waals surface area (Å²) in [4.78, 5) is 30.9. The average molecular weight is 223 g/mol. The summed E-state index contributed by atoms with van der Waals surface area (Å²) in [6, 6.07) is 1.59. The summed E-state index contributed by atoms with van der Waals surface area (Å²) < 4.78 is 0. The molecule has 0 aliphatic carbocycles. The van der Waals surface area contributed by atoms with E-state index in [4.69, 9.17) is 0 Å². The van der Waals surface area contributed by atoms with Gasteiger partial charge in [0.15, 0.2) is 0 Å². The van der Waals surface area contributed by atoms with Gasteiger partial charge in [-0.2, -0.15) is 0 Å². The van der Waals surface area contributed by atoms with E-state index in [1.807, 2.05) is 0 Å². The average Bonchev–Trinajstić information content (AvgIpc) is 2.15. The number of non-ortho nitro benzene ring substituents is 1. The summed E-state index contributed by atoms with van der Waals surface area (Å²) in [7, 11) is 0. The van der Waals surface area contributed by atoms with Crippen molar-refractivity contribution in [2.45, 2.75) is 6.92 Å². The Morgan fingerprint density at radius 1 is 1.19 bits per heavy atom. The minimum absolute atomic E-state index is 0.0617. The Morgan fingerprint density at radius 2 is 1.75 bits per heavy atom. The van der Waals surface area contributed by atoms with Crippen molar-refractivity contribution in [1.29, 1.82) is 0 Å². The number of nitro groups is 1. The van der Waals surface area contributed by atoms with E-state index in [0.29, 0.717) is 6.07 Å². The van der Waals surface area contributed by atoms with Crippen molar-refractivity contribution < 1.29 is 24.7 Å². The van der Waals surface area contributed by atoms with Crippen LogP contribution in [0.2, 0.25) is 0 Å². The number of nitro benzene ring substituents is 1. The lowest BCUT2D eigenvalue weighted by atomic mass is 10.0. The van der Waals surface area contributed by atoms with Crippen LogP contribution in [0, 0.1) is 17.0 Å². The summed E-state index contributed by atoms with van der Waals surface area (Å²) in [5.41, 5.74) is -1.94. The van der Waals surface area contributed by atoms with E-state index in [1.54, 1.807) is 0 Å². The molecule has 0 spiro atoms. The third-order valence-corrected chi connectivity index (χ3v) is 1.96. The number of aromatic carboxylic acids is 2. The highest BCUT2D eigenvalue weighted by atomic mass is 16.6. The highest BCUT2D eigenvalue weighted by Crippen LogP contribution is 2.21. The molecule has 0 heterocycles. The Balaban J connectivity index is 3.58. The number of benzene rings is 1. The minimum atomic E-state index is -1.80. The molecule has 84 valence electrons. The maximum Gasteiger partial charge on any atom is 0.270 e. The number of carbonyl (C=O) groups is 2. The fourth-order valence-corrected chi connectivity index (χ4v) is 1.31. The summed E-state index contributed by atoms with van der Waals surface area (Å²) in [5, 5.41) is 31.7. The first-order valence-electron chi connectivity index (χ1n) is 4.06. The van der Waals surface area contributed by atoms with E-state index in [9.17, 15) is 29.9 Å². The number of carbonyl (C=O) groups excluding carboxylic acids is 2. The first-order valence-corrected chi connectivity index (χ1v) is 4.06. The van der Waals surface area contributed by atoms with Gasteiger partial charge in [0.05, 0.1) is 16.9 Å². The normalized spacial score (nSPS) is 9.81. The molecular formula is C9H5NO6-2. The largest absolute Gasteiger partial charge is 0.545 e. The third kappa shape index (κ3) is 1.97. The van der Waals surface area contributed by atoms with E-state index < -0.39 is 33.7 Å². The van der Waals surface area contributed by atoms with Crippen LogP contribution < -0.4 is 10.2 Å². The number of rotatable bonds is 3. The van der Waals surface area contributed by atoms with Crippen LogP contribution in [0.3, 0.4) is 0 Å². The van der Waals surface area contributed by atoms with Gasteiger partial charge in [-0.15, -0.1) is 0 Å². The second-order valence-corrected chi connectivity index (χ2v) is 3.02. The third-order valence-electron chi connectivity index (χ3n) is 1.96. The number of nitrogens with zero attached hydrogens (tertiary/aromatic N) is 1. The summed E-state index contributed by atoms with van der Waals surface area (Å²) in [6.45, 7) is 1.24. The minimum Gasteiger partial charge on any atom is -0.545 e. The number of hydrogen-bond donors (Lipinski definition) is 0. The maximum absolute atomic E-state index is 10.7. The van der Waals surface area contributed by atoms with Gasteiger partial charge in [0.2, 0.25) is 0 Å². The Labute approximate surface area is 89.1 Å². The quantitative estimate of drug-likeness (QED) is 0.460. The van der Waals surface area contributed by atoms with Gasteiger partial charge in [-0.1, -0.05) is 0 Å². The van der Waals surface area contributed by atoms with Gasteiger partial charge in [-0.05, 0) is 12.5 Å².